The van der Waals surface area contributed by atoms with Gasteiger partial charge in [0.2, 0.25) is 0 Å². The van der Waals surface area contributed by atoms with Crippen LogP contribution < -0.4 is 5.32 Å². The van der Waals surface area contributed by atoms with Gasteiger partial charge < -0.3 is 14.6 Å². The minimum absolute atomic E-state index is 0.246. The van der Waals surface area contributed by atoms with E-state index in [1.165, 1.54) is 11.7 Å². The first-order valence-corrected chi connectivity index (χ1v) is 12.4. The molecule has 0 radical (unpaired) electrons. The van der Waals surface area contributed by atoms with E-state index in [-0.39, 0.29) is 6.04 Å². The summed E-state index contributed by atoms with van der Waals surface area (Å²) in [6.07, 6.45) is 6.54. The Labute approximate surface area is 146 Å². The van der Waals surface area contributed by atoms with E-state index in [4.69, 9.17) is 4.74 Å². The summed E-state index contributed by atoms with van der Waals surface area (Å²) >= 11 is 0. The maximum Gasteiger partial charge on any atom is 0.123 e. The Morgan fingerprint density at radius 1 is 1.29 bits per heavy atom. The van der Waals surface area contributed by atoms with Gasteiger partial charge in [-0.15, -0.1) is 0 Å². The van der Waals surface area contributed by atoms with Crippen LogP contribution in [-0.2, 0) is 17.9 Å². The average molecular weight is 347 g/mol. The van der Waals surface area contributed by atoms with Crippen LogP contribution in [0.3, 0.4) is 0 Å². The second kappa shape index (κ2) is 9.10. The van der Waals surface area contributed by atoms with Gasteiger partial charge in [-0.1, -0.05) is 25.7 Å². The molecule has 6 heteroatoms. The van der Waals surface area contributed by atoms with Gasteiger partial charge in [-0.25, -0.2) is 4.98 Å². The summed E-state index contributed by atoms with van der Waals surface area (Å²) in [7, 11) is -1.02. The summed E-state index contributed by atoms with van der Waals surface area (Å²) in [4.78, 5) is 8.64. The van der Waals surface area contributed by atoms with Crippen LogP contribution in [0, 0.1) is 0 Å². The molecule has 132 valence electrons. The van der Waals surface area contributed by atoms with Gasteiger partial charge in [0.25, 0.3) is 0 Å². The van der Waals surface area contributed by atoms with E-state index in [0.717, 1.165) is 25.3 Å². The molecule has 1 unspecified atom stereocenters. The van der Waals surface area contributed by atoms with Crippen LogP contribution >= 0.6 is 0 Å². The summed E-state index contributed by atoms with van der Waals surface area (Å²) in [6, 6.07) is 7.45. The summed E-state index contributed by atoms with van der Waals surface area (Å²) < 4.78 is 7.91. The van der Waals surface area contributed by atoms with Crippen LogP contribution in [0.2, 0.25) is 25.7 Å². The molecule has 0 aliphatic heterocycles. The SMILES string of the molecule is CC(NCCc1cncn1COCC[Si](C)(C)C)c1ccccn1. The fourth-order valence-electron chi connectivity index (χ4n) is 2.37. The molecule has 2 rings (SSSR count). The average Bonchev–Trinajstić information content (AvgIpc) is 2.99. The van der Waals surface area contributed by atoms with Crippen LogP contribution in [0.1, 0.15) is 24.4 Å². The third-order valence-corrected chi connectivity index (χ3v) is 5.69. The second-order valence-electron chi connectivity index (χ2n) is 7.38. The van der Waals surface area contributed by atoms with Crippen LogP contribution in [0.15, 0.2) is 36.9 Å². The van der Waals surface area contributed by atoms with E-state index in [9.17, 15) is 0 Å². The Balaban J connectivity index is 1.73. The molecule has 0 aromatic carbocycles. The minimum atomic E-state index is -1.02. The fourth-order valence-corrected chi connectivity index (χ4v) is 3.12. The minimum Gasteiger partial charge on any atom is -0.361 e. The van der Waals surface area contributed by atoms with Crippen molar-refractivity contribution in [3.8, 4) is 0 Å². The first-order chi connectivity index (χ1) is 11.5. The number of nitrogens with zero attached hydrogens (tertiary/aromatic N) is 3. The Bertz CT molecular complexity index is 595. The van der Waals surface area contributed by atoms with Crippen LogP contribution in [0.4, 0.5) is 0 Å². The van der Waals surface area contributed by atoms with Crippen molar-refractivity contribution >= 4 is 8.07 Å². The Hall–Kier alpha value is -1.50. The number of rotatable bonds is 10. The zero-order chi connectivity index (χ0) is 17.4. The van der Waals surface area contributed by atoms with Crippen molar-refractivity contribution in [3.63, 3.8) is 0 Å². The summed E-state index contributed by atoms with van der Waals surface area (Å²) in [6.45, 7) is 11.6. The summed E-state index contributed by atoms with van der Waals surface area (Å²) in [5.41, 5.74) is 2.27. The molecule has 0 bridgehead atoms. The number of hydrogen-bond donors (Lipinski definition) is 1. The maximum atomic E-state index is 5.82. The zero-order valence-electron chi connectivity index (χ0n) is 15.3. The second-order valence-corrected chi connectivity index (χ2v) is 13.0. The highest BCUT2D eigenvalue weighted by molar-refractivity contribution is 6.76. The quantitative estimate of drug-likeness (QED) is 0.528. The highest BCUT2D eigenvalue weighted by Crippen LogP contribution is 2.10. The lowest BCUT2D eigenvalue weighted by molar-refractivity contribution is 0.0853. The van der Waals surface area contributed by atoms with E-state index in [0.29, 0.717) is 6.73 Å². The van der Waals surface area contributed by atoms with Crippen LogP contribution in [0.5, 0.6) is 0 Å². The van der Waals surface area contributed by atoms with Crippen molar-refractivity contribution in [2.45, 2.75) is 51.8 Å². The van der Waals surface area contributed by atoms with Crippen molar-refractivity contribution in [1.82, 2.24) is 19.9 Å². The van der Waals surface area contributed by atoms with Crippen molar-refractivity contribution < 1.29 is 4.74 Å². The largest absolute Gasteiger partial charge is 0.361 e. The van der Waals surface area contributed by atoms with Gasteiger partial charge >= 0.3 is 0 Å². The topological polar surface area (TPSA) is 52.0 Å². The van der Waals surface area contributed by atoms with E-state index < -0.39 is 8.07 Å². The summed E-state index contributed by atoms with van der Waals surface area (Å²) in [5, 5.41) is 3.51. The lowest BCUT2D eigenvalue weighted by Crippen LogP contribution is -2.23. The van der Waals surface area contributed by atoms with Gasteiger partial charge in [0, 0.05) is 51.8 Å². The Morgan fingerprint density at radius 3 is 2.83 bits per heavy atom. The lowest BCUT2D eigenvalue weighted by Gasteiger charge is -2.16. The van der Waals surface area contributed by atoms with E-state index >= 15 is 0 Å². The van der Waals surface area contributed by atoms with E-state index in [1.54, 1.807) is 0 Å². The van der Waals surface area contributed by atoms with Crippen molar-refractivity contribution in [2.24, 2.45) is 0 Å². The number of nitrogens with one attached hydrogen (secondary N) is 1. The predicted molar refractivity (Wildman–Crippen MR) is 101 cm³/mol. The van der Waals surface area contributed by atoms with E-state index in [1.807, 2.05) is 36.9 Å². The first-order valence-electron chi connectivity index (χ1n) is 8.67. The van der Waals surface area contributed by atoms with Crippen molar-refractivity contribution in [1.29, 1.82) is 0 Å². The molecular formula is C18H30N4OSi. The van der Waals surface area contributed by atoms with Crippen LogP contribution in [-0.4, -0.2) is 35.8 Å². The molecule has 0 saturated carbocycles. The molecule has 2 aromatic heterocycles. The fraction of sp³-hybridized carbons (Fsp3) is 0.556. The zero-order valence-corrected chi connectivity index (χ0v) is 16.3. The van der Waals surface area contributed by atoms with Gasteiger partial charge in [-0.2, -0.15) is 0 Å². The Kier molecular flexibility index (Phi) is 7.14. The van der Waals surface area contributed by atoms with Crippen molar-refractivity contribution in [2.75, 3.05) is 13.2 Å². The Morgan fingerprint density at radius 2 is 2.12 bits per heavy atom. The third kappa shape index (κ3) is 6.55. The molecule has 0 amide bonds. The standard InChI is InChI=1S/C18H30N4OSi/c1-16(18-7-5-6-9-21-18)20-10-8-17-13-19-14-22(17)15-23-11-12-24(2,3)4/h5-7,9,13-14,16,20H,8,10-12,15H2,1-4H3. The van der Waals surface area contributed by atoms with Gasteiger partial charge in [-0.3, -0.25) is 4.98 Å². The molecule has 0 aliphatic rings. The smallest absolute Gasteiger partial charge is 0.123 e. The molecule has 0 saturated heterocycles. The number of aromatic nitrogens is 3. The molecule has 0 fully saturated rings. The molecule has 0 aliphatic carbocycles. The molecule has 1 atom stereocenters. The number of pyridine rings is 1. The third-order valence-electron chi connectivity index (χ3n) is 3.99. The lowest BCUT2D eigenvalue weighted by atomic mass is 10.2. The summed E-state index contributed by atoms with van der Waals surface area (Å²) in [5.74, 6) is 0. The first kappa shape index (κ1) is 18.8. The van der Waals surface area contributed by atoms with E-state index in [2.05, 4.69) is 46.4 Å². The number of ether oxygens (including phenoxy) is 1. The van der Waals surface area contributed by atoms with Gasteiger partial charge in [-0.05, 0) is 25.1 Å². The molecule has 0 spiro atoms. The molecule has 24 heavy (non-hydrogen) atoms. The van der Waals surface area contributed by atoms with Gasteiger partial charge in [0.15, 0.2) is 0 Å². The maximum absolute atomic E-state index is 5.82. The normalized spacial score (nSPS) is 13.2. The molecular weight excluding hydrogens is 316 g/mol. The van der Waals surface area contributed by atoms with Crippen molar-refractivity contribution in [3.05, 3.63) is 48.3 Å². The highest BCUT2D eigenvalue weighted by atomic mass is 28.3. The highest BCUT2D eigenvalue weighted by Gasteiger charge is 2.12. The number of imidazole rings is 1. The number of hydrogen-bond acceptors (Lipinski definition) is 4. The monoisotopic (exact) mass is 346 g/mol. The van der Waals surface area contributed by atoms with Crippen LogP contribution in [0.25, 0.3) is 0 Å². The molecule has 2 heterocycles. The van der Waals surface area contributed by atoms with Gasteiger partial charge in [0.1, 0.15) is 6.73 Å². The predicted octanol–water partition coefficient (Wildman–Crippen LogP) is 3.48. The molecule has 2 aromatic rings. The van der Waals surface area contributed by atoms with Gasteiger partial charge in [0.05, 0.1) is 12.0 Å². The molecule has 1 N–H and O–H groups in total. The molecule has 5 nitrogen and oxygen atoms in total.